The van der Waals surface area contributed by atoms with Crippen LogP contribution in [0.3, 0.4) is 0 Å². The van der Waals surface area contributed by atoms with Gasteiger partial charge in [0.05, 0.1) is 5.60 Å². The molecule has 0 spiro atoms. The lowest BCUT2D eigenvalue weighted by molar-refractivity contribution is 0.0160. The number of hydrogen-bond donors (Lipinski definition) is 1. The summed E-state index contributed by atoms with van der Waals surface area (Å²) in [4.78, 5) is 7.64. The van der Waals surface area contributed by atoms with Gasteiger partial charge in [-0.3, -0.25) is 14.7 Å². The van der Waals surface area contributed by atoms with Crippen LogP contribution in [0.15, 0.2) is 0 Å². The highest BCUT2D eigenvalue weighted by Gasteiger charge is 2.28. The highest BCUT2D eigenvalue weighted by atomic mass is 16.3. The fraction of sp³-hybridized carbons (Fsp3) is 1.00. The van der Waals surface area contributed by atoms with Gasteiger partial charge in [-0.2, -0.15) is 0 Å². The standard InChI is InChI=1S/C16H33N3O/c1-14-5-6-15(2)19(14)12-11-17-7-9-18(10-8-17)13-16(3,4)20/h14-15,20H,5-13H2,1-4H3. The van der Waals surface area contributed by atoms with Gasteiger partial charge in [0.2, 0.25) is 0 Å². The van der Waals surface area contributed by atoms with Crippen molar-refractivity contribution in [3.63, 3.8) is 0 Å². The molecule has 0 saturated carbocycles. The Kier molecular flexibility index (Phi) is 5.46. The van der Waals surface area contributed by atoms with Gasteiger partial charge in [0, 0.05) is 57.9 Å². The average molecular weight is 283 g/mol. The van der Waals surface area contributed by atoms with E-state index in [0.29, 0.717) is 0 Å². The van der Waals surface area contributed by atoms with Crippen molar-refractivity contribution in [3.8, 4) is 0 Å². The lowest BCUT2D eigenvalue weighted by atomic mass is 10.1. The molecule has 2 rings (SSSR count). The summed E-state index contributed by atoms with van der Waals surface area (Å²) >= 11 is 0. The molecule has 2 fully saturated rings. The first-order valence-electron chi connectivity index (χ1n) is 8.28. The molecule has 2 aliphatic heterocycles. The smallest absolute Gasteiger partial charge is 0.0718 e. The van der Waals surface area contributed by atoms with Crippen LogP contribution in [0.25, 0.3) is 0 Å². The van der Waals surface area contributed by atoms with Crippen LogP contribution < -0.4 is 0 Å². The van der Waals surface area contributed by atoms with Crippen molar-refractivity contribution in [2.24, 2.45) is 0 Å². The Morgan fingerprint density at radius 2 is 1.40 bits per heavy atom. The molecule has 0 bridgehead atoms. The van der Waals surface area contributed by atoms with Crippen LogP contribution >= 0.6 is 0 Å². The predicted molar refractivity (Wildman–Crippen MR) is 84.0 cm³/mol. The minimum atomic E-state index is -0.567. The van der Waals surface area contributed by atoms with E-state index in [1.165, 1.54) is 25.9 Å². The van der Waals surface area contributed by atoms with Crippen LogP contribution in [-0.4, -0.2) is 83.3 Å². The molecule has 118 valence electrons. The van der Waals surface area contributed by atoms with Crippen LogP contribution in [-0.2, 0) is 0 Å². The summed E-state index contributed by atoms with van der Waals surface area (Å²) in [5.74, 6) is 0. The molecule has 2 unspecified atom stereocenters. The van der Waals surface area contributed by atoms with Gasteiger partial charge in [0.15, 0.2) is 0 Å². The summed E-state index contributed by atoms with van der Waals surface area (Å²) in [5.41, 5.74) is -0.567. The van der Waals surface area contributed by atoms with Gasteiger partial charge in [-0.25, -0.2) is 0 Å². The van der Waals surface area contributed by atoms with Gasteiger partial charge in [-0.1, -0.05) is 0 Å². The third-order valence-corrected chi connectivity index (χ3v) is 4.88. The van der Waals surface area contributed by atoms with Crippen molar-refractivity contribution in [1.29, 1.82) is 0 Å². The zero-order chi connectivity index (χ0) is 14.8. The third kappa shape index (κ3) is 4.69. The molecule has 4 nitrogen and oxygen atoms in total. The Morgan fingerprint density at radius 1 is 0.900 bits per heavy atom. The number of hydrogen-bond acceptors (Lipinski definition) is 4. The third-order valence-electron chi connectivity index (χ3n) is 4.88. The van der Waals surface area contributed by atoms with E-state index in [2.05, 4.69) is 28.5 Å². The Balaban J connectivity index is 1.67. The van der Waals surface area contributed by atoms with Crippen molar-refractivity contribution in [2.45, 2.75) is 58.2 Å². The molecule has 0 aromatic carbocycles. The summed E-state index contributed by atoms with van der Waals surface area (Å²) in [6.07, 6.45) is 2.72. The SMILES string of the molecule is CC1CCC(C)N1CCN1CCN(CC(C)(C)O)CC1. The second-order valence-electron chi connectivity index (χ2n) is 7.44. The van der Waals surface area contributed by atoms with Gasteiger partial charge in [0.1, 0.15) is 0 Å². The van der Waals surface area contributed by atoms with E-state index in [9.17, 15) is 5.11 Å². The Bertz CT molecular complexity index is 285. The fourth-order valence-corrected chi connectivity index (χ4v) is 3.66. The van der Waals surface area contributed by atoms with Crippen molar-refractivity contribution in [1.82, 2.24) is 14.7 Å². The average Bonchev–Trinajstić information content (AvgIpc) is 2.67. The number of nitrogens with zero attached hydrogens (tertiary/aromatic N) is 3. The van der Waals surface area contributed by atoms with Gasteiger partial charge in [-0.15, -0.1) is 0 Å². The molecule has 4 heteroatoms. The number of aliphatic hydroxyl groups is 1. The van der Waals surface area contributed by atoms with Crippen molar-refractivity contribution >= 4 is 0 Å². The van der Waals surface area contributed by atoms with Crippen LogP contribution in [0.5, 0.6) is 0 Å². The highest BCUT2D eigenvalue weighted by molar-refractivity contribution is 4.84. The van der Waals surface area contributed by atoms with E-state index in [4.69, 9.17) is 0 Å². The zero-order valence-electron chi connectivity index (χ0n) is 13.8. The summed E-state index contributed by atoms with van der Waals surface area (Å²) in [7, 11) is 0. The van der Waals surface area contributed by atoms with Gasteiger partial charge < -0.3 is 5.11 Å². The molecule has 0 aliphatic carbocycles. The van der Waals surface area contributed by atoms with Crippen LogP contribution in [0.2, 0.25) is 0 Å². The lowest BCUT2D eigenvalue weighted by Crippen LogP contribution is -2.52. The largest absolute Gasteiger partial charge is 0.389 e. The minimum absolute atomic E-state index is 0.567. The van der Waals surface area contributed by atoms with Crippen molar-refractivity contribution in [2.75, 3.05) is 45.8 Å². The first kappa shape index (κ1) is 16.2. The number of likely N-dealkylation sites (tertiary alicyclic amines) is 1. The second kappa shape index (κ2) is 6.73. The van der Waals surface area contributed by atoms with Gasteiger partial charge in [-0.05, 0) is 40.5 Å². The molecule has 20 heavy (non-hydrogen) atoms. The maximum atomic E-state index is 9.88. The van der Waals surface area contributed by atoms with Crippen LogP contribution in [0, 0.1) is 0 Å². The molecule has 2 saturated heterocycles. The molecule has 2 atom stereocenters. The molecular formula is C16H33N3O. The summed E-state index contributed by atoms with van der Waals surface area (Å²) in [6, 6.07) is 1.53. The minimum Gasteiger partial charge on any atom is -0.389 e. The van der Waals surface area contributed by atoms with Gasteiger partial charge >= 0.3 is 0 Å². The molecule has 0 aromatic heterocycles. The van der Waals surface area contributed by atoms with Crippen LogP contribution in [0.1, 0.15) is 40.5 Å². The second-order valence-corrected chi connectivity index (χ2v) is 7.44. The number of rotatable bonds is 5. The summed E-state index contributed by atoms with van der Waals surface area (Å²) in [6.45, 7) is 16.2. The zero-order valence-corrected chi connectivity index (χ0v) is 13.8. The maximum Gasteiger partial charge on any atom is 0.0718 e. The Hall–Kier alpha value is -0.160. The topological polar surface area (TPSA) is 30.0 Å². The van der Waals surface area contributed by atoms with E-state index in [1.807, 2.05) is 13.8 Å². The highest BCUT2D eigenvalue weighted by Crippen LogP contribution is 2.22. The lowest BCUT2D eigenvalue weighted by Gasteiger charge is -2.38. The summed E-state index contributed by atoms with van der Waals surface area (Å²) in [5, 5.41) is 9.88. The van der Waals surface area contributed by atoms with E-state index >= 15 is 0 Å². The van der Waals surface area contributed by atoms with Crippen LogP contribution in [0.4, 0.5) is 0 Å². The molecular weight excluding hydrogens is 250 g/mol. The van der Waals surface area contributed by atoms with Crippen molar-refractivity contribution < 1.29 is 5.11 Å². The number of β-amino-alcohol motifs (C(OH)–C–C–N with tert-alkyl or cyclic N) is 1. The van der Waals surface area contributed by atoms with E-state index in [0.717, 1.165) is 44.8 Å². The maximum absolute atomic E-state index is 9.88. The molecule has 1 N–H and O–H groups in total. The number of piperazine rings is 1. The first-order valence-corrected chi connectivity index (χ1v) is 8.28. The van der Waals surface area contributed by atoms with E-state index in [-0.39, 0.29) is 0 Å². The molecule has 0 amide bonds. The fourth-order valence-electron chi connectivity index (χ4n) is 3.66. The normalized spacial score (nSPS) is 31.1. The first-order chi connectivity index (χ1) is 9.35. The van der Waals surface area contributed by atoms with Gasteiger partial charge in [0.25, 0.3) is 0 Å². The molecule has 2 heterocycles. The molecule has 0 radical (unpaired) electrons. The van der Waals surface area contributed by atoms with Crippen molar-refractivity contribution in [3.05, 3.63) is 0 Å². The monoisotopic (exact) mass is 283 g/mol. The predicted octanol–water partition coefficient (Wildman–Crippen LogP) is 1.25. The quantitative estimate of drug-likeness (QED) is 0.822. The summed E-state index contributed by atoms with van der Waals surface area (Å²) < 4.78 is 0. The van der Waals surface area contributed by atoms with E-state index < -0.39 is 5.60 Å². The Morgan fingerprint density at radius 3 is 1.90 bits per heavy atom. The Labute approximate surface area is 124 Å². The molecule has 0 aromatic rings. The molecule has 2 aliphatic rings. The van der Waals surface area contributed by atoms with E-state index in [1.54, 1.807) is 0 Å².